The van der Waals surface area contributed by atoms with E-state index in [0.717, 1.165) is 24.0 Å². The number of nitrogens with one attached hydrogen (secondary N) is 2. The van der Waals surface area contributed by atoms with Crippen molar-refractivity contribution >= 4 is 17.8 Å². The highest BCUT2D eigenvalue weighted by Gasteiger charge is 2.27. The lowest BCUT2D eigenvalue weighted by Crippen LogP contribution is -2.39. The number of carbonyl (C=O) groups excluding carboxylic acids is 3. The van der Waals surface area contributed by atoms with Crippen molar-refractivity contribution in [2.75, 3.05) is 6.54 Å². The minimum Gasteiger partial charge on any atom is -0.451 e. The van der Waals surface area contributed by atoms with Crippen LogP contribution in [0.4, 0.5) is 0 Å². The second-order valence-electron chi connectivity index (χ2n) is 6.54. The van der Waals surface area contributed by atoms with Crippen LogP contribution >= 0.6 is 0 Å². The zero-order valence-electron chi connectivity index (χ0n) is 15.1. The van der Waals surface area contributed by atoms with Gasteiger partial charge in [0.2, 0.25) is 0 Å². The zero-order chi connectivity index (χ0) is 19.2. The summed E-state index contributed by atoms with van der Waals surface area (Å²) in [6.07, 6.45) is 1.05. The van der Waals surface area contributed by atoms with Gasteiger partial charge in [0.05, 0.1) is 0 Å². The van der Waals surface area contributed by atoms with Gasteiger partial charge in [0, 0.05) is 11.6 Å². The Morgan fingerprint density at radius 3 is 2.26 bits per heavy atom. The zero-order valence-corrected chi connectivity index (χ0v) is 15.1. The van der Waals surface area contributed by atoms with Crippen molar-refractivity contribution in [3.63, 3.8) is 0 Å². The third-order valence-corrected chi connectivity index (χ3v) is 4.25. The maximum Gasteiger partial charge on any atom is 0.326 e. The summed E-state index contributed by atoms with van der Waals surface area (Å²) < 4.78 is 5.04. The highest BCUT2D eigenvalue weighted by atomic mass is 16.5. The number of hydrogen-bond donors (Lipinski definition) is 2. The number of ether oxygens (including phenoxy) is 1. The summed E-state index contributed by atoms with van der Waals surface area (Å²) in [6.45, 7) is 1.22. The fourth-order valence-corrected chi connectivity index (χ4v) is 2.54. The summed E-state index contributed by atoms with van der Waals surface area (Å²) in [4.78, 5) is 35.8. The van der Waals surface area contributed by atoms with Gasteiger partial charge in [-0.2, -0.15) is 0 Å². The summed E-state index contributed by atoms with van der Waals surface area (Å²) in [5, 5.41) is 5.28. The Balaban J connectivity index is 1.47. The fraction of sp³-hybridized carbons (Fsp3) is 0.286. The van der Waals surface area contributed by atoms with E-state index in [1.807, 2.05) is 42.5 Å². The van der Waals surface area contributed by atoms with Crippen LogP contribution in [0.3, 0.4) is 0 Å². The van der Waals surface area contributed by atoms with Crippen LogP contribution < -0.4 is 10.6 Å². The van der Waals surface area contributed by atoms with E-state index < -0.39 is 12.1 Å². The van der Waals surface area contributed by atoms with Crippen LogP contribution in [-0.4, -0.2) is 36.5 Å². The molecule has 3 rings (SSSR count). The Hall–Kier alpha value is -3.15. The molecule has 0 aliphatic heterocycles. The van der Waals surface area contributed by atoms with Crippen molar-refractivity contribution in [3.8, 4) is 11.1 Å². The molecule has 2 N–H and O–H groups in total. The Bertz CT molecular complexity index is 814. The van der Waals surface area contributed by atoms with E-state index in [0.29, 0.717) is 5.56 Å². The van der Waals surface area contributed by atoms with Crippen LogP contribution in [0.25, 0.3) is 11.1 Å². The van der Waals surface area contributed by atoms with Crippen molar-refractivity contribution in [1.29, 1.82) is 0 Å². The van der Waals surface area contributed by atoms with E-state index in [4.69, 9.17) is 4.74 Å². The van der Waals surface area contributed by atoms with Gasteiger partial charge in [-0.15, -0.1) is 0 Å². The molecular weight excluding hydrogens is 344 g/mol. The average Bonchev–Trinajstić information content (AvgIpc) is 3.51. The first-order valence-electron chi connectivity index (χ1n) is 8.96. The Morgan fingerprint density at radius 1 is 1.00 bits per heavy atom. The van der Waals surface area contributed by atoms with Crippen LogP contribution in [0.2, 0.25) is 0 Å². The molecule has 1 aliphatic rings. The second kappa shape index (κ2) is 8.49. The van der Waals surface area contributed by atoms with E-state index in [-0.39, 0.29) is 24.4 Å². The monoisotopic (exact) mass is 366 g/mol. The third kappa shape index (κ3) is 5.41. The third-order valence-electron chi connectivity index (χ3n) is 4.25. The number of benzene rings is 2. The van der Waals surface area contributed by atoms with E-state index in [1.165, 1.54) is 6.92 Å². The lowest BCUT2D eigenvalue weighted by Gasteiger charge is -2.13. The van der Waals surface area contributed by atoms with Crippen molar-refractivity contribution in [2.24, 2.45) is 0 Å². The van der Waals surface area contributed by atoms with Crippen LogP contribution in [0, 0.1) is 0 Å². The smallest absolute Gasteiger partial charge is 0.326 e. The largest absolute Gasteiger partial charge is 0.451 e. The number of amides is 2. The SMILES string of the molecule is C[C@H](OC(=O)CNC(=O)c1ccc(-c2ccccc2)cc1)C(=O)NC1CC1. The topological polar surface area (TPSA) is 84.5 Å². The van der Waals surface area contributed by atoms with E-state index in [9.17, 15) is 14.4 Å². The molecule has 0 radical (unpaired) electrons. The van der Waals surface area contributed by atoms with Gasteiger partial charge < -0.3 is 15.4 Å². The first-order valence-corrected chi connectivity index (χ1v) is 8.96. The minimum atomic E-state index is -0.875. The van der Waals surface area contributed by atoms with Gasteiger partial charge >= 0.3 is 5.97 Å². The predicted molar refractivity (Wildman–Crippen MR) is 101 cm³/mol. The van der Waals surface area contributed by atoms with Gasteiger partial charge in [-0.05, 0) is 43.0 Å². The second-order valence-corrected chi connectivity index (χ2v) is 6.54. The molecule has 0 bridgehead atoms. The van der Waals surface area contributed by atoms with Gasteiger partial charge in [-0.1, -0.05) is 42.5 Å². The molecule has 1 saturated carbocycles. The number of rotatable bonds is 7. The molecule has 0 saturated heterocycles. The highest BCUT2D eigenvalue weighted by Crippen LogP contribution is 2.19. The fourth-order valence-electron chi connectivity index (χ4n) is 2.54. The summed E-state index contributed by atoms with van der Waals surface area (Å²) in [5.74, 6) is -1.34. The van der Waals surface area contributed by atoms with Crippen molar-refractivity contribution in [3.05, 3.63) is 60.2 Å². The number of carbonyl (C=O) groups is 3. The minimum absolute atomic E-state index is 0.206. The van der Waals surface area contributed by atoms with Crippen LogP contribution in [-0.2, 0) is 14.3 Å². The number of hydrogen-bond acceptors (Lipinski definition) is 4. The summed E-state index contributed by atoms with van der Waals surface area (Å²) in [6, 6.07) is 17.2. The maximum absolute atomic E-state index is 12.2. The first-order chi connectivity index (χ1) is 13.0. The molecule has 1 aliphatic carbocycles. The van der Waals surface area contributed by atoms with Crippen molar-refractivity contribution in [1.82, 2.24) is 10.6 Å². The molecule has 1 atom stereocenters. The highest BCUT2D eigenvalue weighted by molar-refractivity contribution is 5.96. The first kappa shape index (κ1) is 18.6. The Kier molecular flexibility index (Phi) is 5.86. The quantitative estimate of drug-likeness (QED) is 0.737. The molecule has 0 spiro atoms. The number of esters is 1. The summed E-state index contributed by atoms with van der Waals surface area (Å²) >= 11 is 0. The molecule has 1 fully saturated rings. The lowest BCUT2D eigenvalue weighted by molar-refractivity contribution is -0.153. The van der Waals surface area contributed by atoms with Gasteiger partial charge in [0.25, 0.3) is 11.8 Å². The normalized spacial score (nSPS) is 14.1. The molecule has 2 aromatic carbocycles. The lowest BCUT2D eigenvalue weighted by atomic mass is 10.0. The average molecular weight is 366 g/mol. The molecule has 27 heavy (non-hydrogen) atoms. The van der Waals surface area contributed by atoms with E-state index in [1.54, 1.807) is 12.1 Å². The van der Waals surface area contributed by atoms with Gasteiger partial charge in [0.15, 0.2) is 6.10 Å². The van der Waals surface area contributed by atoms with Crippen molar-refractivity contribution < 1.29 is 19.1 Å². The van der Waals surface area contributed by atoms with Gasteiger partial charge in [0.1, 0.15) is 6.54 Å². The molecule has 6 heteroatoms. The molecule has 140 valence electrons. The van der Waals surface area contributed by atoms with Crippen LogP contribution in [0.1, 0.15) is 30.1 Å². The molecule has 2 amide bonds. The molecule has 0 aromatic heterocycles. The van der Waals surface area contributed by atoms with Crippen LogP contribution in [0.5, 0.6) is 0 Å². The van der Waals surface area contributed by atoms with E-state index in [2.05, 4.69) is 10.6 Å². The van der Waals surface area contributed by atoms with E-state index >= 15 is 0 Å². The molecular formula is C21H22N2O4. The molecule has 0 heterocycles. The predicted octanol–water partition coefficient (Wildman–Crippen LogP) is 2.29. The molecule has 2 aromatic rings. The van der Waals surface area contributed by atoms with Gasteiger partial charge in [-0.25, -0.2) is 0 Å². The Labute approximate surface area is 157 Å². The molecule has 6 nitrogen and oxygen atoms in total. The van der Waals surface area contributed by atoms with Gasteiger partial charge in [-0.3, -0.25) is 14.4 Å². The van der Waals surface area contributed by atoms with Crippen LogP contribution in [0.15, 0.2) is 54.6 Å². The summed E-state index contributed by atoms with van der Waals surface area (Å²) in [7, 11) is 0. The van der Waals surface area contributed by atoms with Crippen molar-refractivity contribution in [2.45, 2.75) is 31.9 Å². The summed E-state index contributed by atoms with van der Waals surface area (Å²) in [5.41, 5.74) is 2.51. The standard InChI is InChI=1S/C21H22N2O4/c1-14(20(25)23-18-11-12-18)27-19(24)13-22-21(26)17-9-7-16(8-10-17)15-5-3-2-4-6-15/h2-10,14,18H,11-13H2,1H3,(H,22,26)(H,23,25)/t14-/m0/s1. The molecule has 0 unspecified atom stereocenters. The Morgan fingerprint density at radius 2 is 1.63 bits per heavy atom. The maximum atomic E-state index is 12.2.